The maximum atomic E-state index is 13.7. The summed E-state index contributed by atoms with van der Waals surface area (Å²) in [5.74, 6) is 2.06. The summed E-state index contributed by atoms with van der Waals surface area (Å²) >= 11 is 1.86. The molecule has 6 rings (SSSR count). The second-order valence-corrected chi connectivity index (χ2v) is 14.8. The summed E-state index contributed by atoms with van der Waals surface area (Å²) in [6.07, 6.45) is 9.93. The lowest BCUT2D eigenvalue weighted by atomic mass is 9.68. The molecule has 8 unspecified atom stereocenters. The predicted octanol–water partition coefficient (Wildman–Crippen LogP) is 3.51. The van der Waals surface area contributed by atoms with Crippen molar-refractivity contribution in [1.82, 2.24) is 19.8 Å². The van der Waals surface area contributed by atoms with Crippen LogP contribution in [0.25, 0.3) is 0 Å². The van der Waals surface area contributed by atoms with Gasteiger partial charge in [-0.15, -0.1) is 0 Å². The van der Waals surface area contributed by atoms with E-state index in [0.717, 1.165) is 62.0 Å². The minimum atomic E-state index is -0.671. The van der Waals surface area contributed by atoms with Gasteiger partial charge in [-0.2, -0.15) is 11.8 Å². The first-order valence-corrected chi connectivity index (χ1v) is 16.8. The van der Waals surface area contributed by atoms with E-state index in [4.69, 9.17) is 9.72 Å². The fourth-order valence-electron chi connectivity index (χ4n) is 8.38. The monoisotopic (exact) mass is 572 g/mol. The second-order valence-electron chi connectivity index (χ2n) is 13.6. The minimum absolute atomic E-state index is 0.0414. The molecule has 8 nitrogen and oxygen atoms in total. The zero-order chi connectivity index (χ0) is 28.1. The number of hydrogen-bond acceptors (Lipinski definition) is 7. The summed E-state index contributed by atoms with van der Waals surface area (Å²) in [5, 5.41) is 13.8. The Balaban J connectivity index is 1.14. The molecule has 9 heteroatoms. The van der Waals surface area contributed by atoms with Crippen molar-refractivity contribution < 1.29 is 14.6 Å². The van der Waals surface area contributed by atoms with Gasteiger partial charge in [-0.1, -0.05) is 6.92 Å². The van der Waals surface area contributed by atoms with E-state index >= 15 is 0 Å². The normalized spacial score (nSPS) is 37.8. The molecule has 2 saturated heterocycles. The number of piperidine rings is 1. The molecule has 3 heterocycles. The Hall–Kier alpha value is -1.42. The molecule has 0 radical (unpaired) electrons. The van der Waals surface area contributed by atoms with Crippen LogP contribution in [0.1, 0.15) is 75.9 Å². The van der Waals surface area contributed by atoms with Crippen LogP contribution in [0.5, 0.6) is 0 Å². The van der Waals surface area contributed by atoms with E-state index in [-0.39, 0.29) is 23.6 Å². The number of hydrogen-bond donors (Lipinski definition) is 2. The van der Waals surface area contributed by atoms with Crippen LogP contribution in [0.4, 0.5) is 0 Å². The molecule has 2 saturated carbocycles. The number of carbonyl (C=O) groups is 1. The van der Waals surface area contributed by atoms with E-state index in [2.05, 4.69) is 31.1 Å². The third kappa shape index (κ3) is 5.64. The summed E-state index contributed by atoms with van der Waals surface area (Å²) < 4.78 is 8.52. The number of ether oxygens (including phenoxy) is 1. The van der Waals surface area contributed by atoms with Crippen molar-refractivity contribution in [3.8, 4) is 0 Å². The van der Waals surface area contributed by atoms with Crippen LogP contribution in [-0.4, -0.2) is 80.5 Å². The van der Waals surface area contributed by atoms with Crippen molar-refractivity contribution in [2.75, 3.05) is 19.4 Å². The number of aromatic nitrogens is 2. The van der Waals surface area contributed by atoms with Crippen molar-refractivity contribution in [3.63, 3.8) is 0 Å². The number of nitrogens with zero attached hydrogens (tertiary/aromatic N) is 3. The number of carboxylic acids is 1. The smallest absolute Gasteiger partial charge is 0.308 e. The highest BCUT2D eigenvalue weighted by molar-refractivity contribution is 8.00. The van der Waals surface area contributed by atoms with Gasteiger partial charge in [0.05, 0.1) is 30.9 Å². The van der Waals surface area contributed by atoms with Crippen molar-refractivity contribution in [2.45, 2.75) is 121 Å². The van der Waals surface area contributed by atoms with E-state index in [1.807, 2.05) is 23.3 Å². The van der Waals surface area contributed by atoms with Gasteiger partial charge in [0.1, 0.15) is 5.82 Å². The molecular weight excluding hydrogens is 524 g/mol. The van der Waals surface area contributed by atoms with Crippen LogP contribution in [0.3, 0.4) is 0 Å². The Kier molecular flexibility index (Phi) is 8.39. The van der Waals surface area contributed by atoms with Gasteiger partial charge in [-0.25, -0.2) is 4.98 Å². The minimum Gasteiger partial charge on any atom is -0.481 e. The SMILES string of the molecule is Cc1nc2c(c(=O)n1CCOC1CCC(C)CC1C1CC(C)NC3C(C(=O)O)CSC13)C[C@@H](N(C)C1CC1)CC2. The zero-order valence-electron chi connectivity index (χ0n) is 24.7. The lowest BCUT2D eigenvalue weighted by Crippen LogP contribution is -2.57. The number of likely N-dealkylation sites (N-methyl/N-ethyl adjacent to an activating group) is 1. The molecule has 3 aliphatic carbocycles. The predicted molar refractivity (Wildman–Crippen MR) is 158 cm³/mol. The first kappa shape index (κ1) is 28.7. The van der Waals surface area contributed by atoms with E-state index in [1.54, 1.807) is 0 Å². The topological polar surface area (TPSA) is 96.7 Å². The van der Waals surface area contributed by atoms with Gasteiger partial charge in [-0.3, -0.25) is 14.2 Å². The third-order valence-corrected chi connectivity index (χ3v) is 12.4. The average molecular weight is 573 g/mol. The Morgan fingerprint density at radius 3 is 2.70 bits per heavy atom. The van der Waals surface area contributed by atoms with E-state index < -0.39 is 5.97 Å². The molecule has 1 aromatic rings. The highest BCUT2D eigenvalue weighted by atomic mass is 32.2. The Morgan fingerprint density at radius 2 is 1.95 bits per heavy atom. The number of aryl methyl sites for hydroxylation is 2. The summed E-state index contributed by atoms with van der Waals surface area (Å²) in [5.41, 5.74) is 2.05. The van der Waals surface area contributed by atoms with Crippen LogP contribution in [0, 0.1) is 30.6 Å². The quantitative estimate of drug-likeness (QED) is 0.489. The Bertz CT molecular complexity index is 1150. The van der Waals surface area contributed by atoms with Crippen LogP contribution in [0.15, 0.2) is 4.79 Å². The highest BCUT2D eigenvalue weighted by Gasteiger charge is 2.51. The number of rotatable bonds is 8. The Labute approximate surface area is 243 Å². The number of fused-ring (bicyclic) bond motifs is 2. The first-order valence-electron chi connectivity index (χ1n) is 15.7. The maximum absolute atomic E-state index is 13.7. The van der Waals surface area contributed by atoms with Gasteiger partial charge >= 0.3 is 5.97 Å². The fraction of sp³-hybridized carbons (Fsp3) is 0.839. The maximum Gasteiger partial charge on any atom is 0.308 e. The summed E-state index contributed by atoms with van der Waals surface area (Å²) in [6, 6.07) is 1.50. The molecule has 222 valence electrons. The molecule has 0 amide bonds. The molecule has 2 aliphatic heterocycles. The molecule has 9 atom stereocenters. The molecule has 1 aromatic heterocycles. The van der Waals surface area contributed by atoms with Crippen molar-refractivity contribution >= 4 is 17.7 Å². The zero-order valence-corrected chi connectivity index (χ0v) is 25.5. The van der Waals surface area contributed by atoms with Gasteiger partial charge < -0.3 is 20.1 Å². The third-order valence-electron chi connectivity index (χ3n) is 10.8. The van der Waals surface area contributed by atoms with Crippen molar-refractivity contribution in [2.24, 2.45) is 23.7 Å². The molecule has 0 aromatic carbocycles. The van der Waals surface area contributed by atoms with Gasteiger partial charge in [0.15, 0.2) is 0 Å². The summed E-state index contributed by atoms with van der Waals surface area (Å²) in [7, 11) is 2.22. The van der Waals surface area contributed by atoms with Gasteiger partial charge in [0.25, 0.3) is 5.56 Å². The molecule has 5 aliphatic rings. The lowest BCUT2D eigenvalue weighted by Gasteiger charge is -2.47. The number of carboxylic acid groups (broad SMARTS) is 1. The van der Waals surface area contributed by atoms with E-state index in [1.165, 1.54) is 12.8 Å². The summed E-state index contributed by atoms with van der Waals surface area (Å²) in [6.45, 7) is 7.57. The van der Waals surface area contributed by atoms with Gasteiger partial charge in [0.2, 0.25) is 0 Å². The lowest BCUT2D eigenvalue weighted by molar-refractivity contribution is -0.142. The van der Waals surface area contributed by atoms with E-state index in [9.17, 15) is 14.7 Å². The number of aliphatic carboxylic acids is 1. The van der Waals surface area contributed by atoms with Crippen LogP contribution < -0.4 is 10.9 Å². The Morgan fingerprint density at radius 1 is 1.15 bits per heavy atom. The van der Waals surface area contributed by atoms with Crippen molar-refractivity contribution in [3.05, 3.63) is 27.4 Å². The largest absolute Gasteiger partial charge is 0.481 e. The molecule has 4 fully saturated rings. The fourth-order valence-corrected chi connectivity index (χ4v) is 10.2. The van der Waals surface area contributed by atoms with Crippen molar-refractivity contribution in [1.29, 1.82) is 0 Å². The van der Waals surface area contributed by atoms with Gasteiger partial charge in [0, 0.05) is 40.7 Å². The molecule has 0 bridgehead atoms. The van der Waals surface area contributed by atoms with Crippen LogP contribution >= 0.6 is 11.8 Å². The molecule has 40 heavy (non-hydrogen) atoms. The second kappa shape index (κ2) is 11.7. The van der Waals surface area contributed by atoms with Gasteiger partial charge in [-0.05, 0) is 96.4 Å². The van der Waals surface area contributed by atoms with E-state index in [0.29, 0.717) is 60.0 Å². The van der Waals surface area contributed by atoms with Crippen LogP contribution in [-0.2, 0) is 28.9 Å². The van der Waals surface area contributed by atoms with Crippen LogP contribution in [0.2, 0.25) is 0 Å². The highest BCUT2D eigenvalue weighted by Crippen LogP contribution is 2.48. The number of nitrogens with one attached hydrogen (secondary N) is 1. The molecule has 0 spiro atoms. The molecule has 2 N–H and O–H groups in total. The standard InChI is InChI=1S/C31H48N4O4S/c1-17-5-10-27(22(13-17)23-14-18(2)32-28-25(31(37)38)16-40-29(23)28)39-12-11-35-19(3)33-26-9-8-21(15-24(26)30(35)36)34(4)20-6-7-20/h17-18,20-23,25,27-29,32H,5-16H2,1-4H3,(H,37,38)/t17?,18?,21-,22?,23?,25?,27?,28?,29?/m0/s1. The first-order chi connectivity index (χ1) is 19.2. The average Bonchev–Trinajstić information content (AvgIpc) is 3.69. The number of thioether (sulfide) groups is 1. The molecular formula is C31H48N4O4S. The summed E-state index contributed by atoms with van der Waals surface area (Å²) in [4.78, 5) is 33.0.